The fraction of sp³-hybridized carbons (Fsp3) is 0. The molecule has 64 heavy (non-hydrogen) atoms. The van der Waals surface area contributed by atoms with Crippen LogP contribution in [0, 0.1) is 0 Å². The molecule has 13 rings (SSSR count). The van der Waals surface area contributed by atoms with E-state index in [2.05, 4.69) is 205 Å². The molecule has 0 unspecified atom stereocenters. The van der Waals surface area contributed by atoms with Crippen LogP contribution < -0.4 is 4.90 Å². The van der Waals surface area contributed by atoms with Crippen molar-refractivity contribution in [1.29, 1.82) is 0 Å². The summed E-state index contributed by atoms with van der Waals surface area (Å²) in [7, 11) is 0. The van der Waals surface area contributed by atoms with E-state index >= 15 is 0 Å². The van der Waals surface area contributed by atoms with Gasteiger partial charge in [0, 0.05) is 49.3 Å². The van der Waals surface area contributed by atoms with Crippen molar-refractivity contribution >= 4 is 82.9 Å². The van der Waals surface area contributed by atoms with Gasteiger partial charge >= 0.3 is 0 Å². The molecule has 0 bridgehead atoms. The van der Waals surface area contributed by atoms with Crippen molar-refractivity contribution in [2.75, 3.05) is 4.90 Å². The molecular formula is C60H37NO3. The van der Waals surface area contributed by atoms with Crippen LogP contribution in [0.2, 0.25) is 0 Å². The van der Waals surface area contributed by atoms with Crippen LogP contribution in [0.5, 0.6) is 0 Å². The zero-order chi connectivity index (χ0) is 42.1. The molecule has 0 amide bonds. The highest BCUT2D eigenvalue weighted by molar-refractivity contribution is 6.24. The summed E-state index contributed by atoms with van der Waals surface area (Å²) in [4.78, 5) is 2.31. The lowest BCUT2D eigenvalue weighted by Crippen LogP contribution is -2.10. The molecule has 10 aromatic carbocycles. The number of hydrogen-bond acceptors (Lipinski definition) is 4. The van der Waals surface area contributed by atoms with E-state index in [1.807, 2.05) is 24.3 Å². The molecule has 300 valence electrons. The third-order valence-electron chi connectivity index (χ3n) is 12.7. The number of anilines is 3. The fourth-order valence-electron chi connectivity index (χ4n) is 9.77. The summed E-state index contributed by atoms with van der Waals surface area (Å²) < 4.78 is 20.4. The van der Waals surface area contributed by atoms with Crippen molar-refractivity contribution in [2.24, 2.45) is 0 Å². The van der Waals surface area contributed by atoms with Crippen LogP contribution in [0.4, 0.5) is 17.1 Å². The van der Waals surface area contributed by atoms with Gasteiger partial charge in [-0.05, 0) is 99.6 Å². The van der Waals surface area contributed by atoms with Gasteiger partial charge in [-0.3, -0.25) is 0 Å². The molecule has 0 saturated heterocycles. The van der Waals surface area contributed by atoms with E-state index in [1.54, 1.807) is 0 Å². The third kappa shape index (κ3) is 5.70. The lowest BCUT2D eigenvalue weighted by Gasteiger charge is -2.26. The smallest absolute Gasteiger partial charge is 0.160 e. The fourth-order valence-corrected chi connectivity index (χ4v) is 9.77. The minimum absolute atomic E-state index is 0.793. The molecule has 3 aromatic heterocycles. The van der Waals surface area contributed by atoms with Gasteiger partial charge in [0.05, 0.1) is 5.69 Å². The number of hydrogen-bond donors (Lipinski definition) is 0. The van der Waals surface area contributed by atoms with E-state index in [-0.39, 0.29) is 0 Å². The average molecular weight is 820 g/mol. The molecule has 0 aliphatic heterocycles. The van der Waals surface area contributed by atoms with Gasteiger partial charge in [0.2, 0.25) is 0 Å². The molecule has 0 spiro atoms. The van der Waals surface area contributed by atoms with Gasteiger partial charge in [0.25, 0.3) is 0 Å². The second-order valence-corrected chi connectivity index (χ2v) is 16.3. The van der Waals surface area contributed by atoms with Gasteiger partial charge in [-0.2, -0.15) is 0 Å². The summed E-state index contributed by atoms with van der Waals surface area (Å²) in [5, 5.41) is 6.38. The predicted molar refractivity (Wildman–Crippen MR) is 265 cm³/mol. The Balaban J connectivity index is 1.04. The summed E-state index contributed by atoms with van der Waals surface area (Å²) in [6, 6.07) is 78.9. The molecular weight excluding hydrogens is 783 g/mol. The lowest BCUT2D eigenvalue weighted by atomic mass is 9.91. The highest BCUT2D eigenvalue weighted by atomic mass is 16.3. The monoisotopic (exact) mass is 819 g/mol. The predicted octanol–water partition coefficient (Wildman–Crippen LogP) is 17.5. The van der Waals surface area contributed by atoms with Gasteiger partial charge in [0.1, 0.15) is 27.9 Å². The van der Waals surface area contributed by atoms with E-state index in [0.717, 1.165) is 116 Å². The maximum Gasteiger partial charge on any atom is 0.160 e. The van der Waals surface area contributed by atoms with Crippen LogP contribution in [0.15, 0.2) is 238 Å². The van der Waals surface area contributed by atoms with Crippen LogP contribution in [-0.2, 0) is 0 Å². The quantitative estimate of drug-likeness (QED) is 0.161. The second kappa shape index (κ2) is 14.5. The van der Waals surface area contributed by atoms with Crippen LogP contribution >= 0.6 is 0 Å². The first-order valence-electron chi connectivity index (χ1n) is 21.7. The maximum atomic E-state index is 7.02. The highest BCUT2D eigenvalue weighted by Crippen LogP contribution is 2.50. The number of furan rings is 3. The molecule has 0 aliphatic carbocycles. The van der Waals surface area contributed by atoms with Gasteiger partial charge in [0.15, 0.2) is 5.58 Å². The van der Waals surface area contributed by atoms with E-state index < -0.39 is 0 Å². The normalized spacial score (nSPS) is 11.8. The largest absolute Gasteiger partial charge is 0.456 e. The SMILES string of the molecule is c1ccc(-c2ccc(N(c3ccc(-c4ccccc4)cc3)c3ccc(-c4ccc(-c5cccc6oc7ccccc7c56)c5c4oc4ccccc45)c4c3oc3ccccc34)cc2)cc1. The minimum atomic E-state index is 0.793. The van der Waals surface area contributed by atoms with Crippen LogP contribution in [0.1, 0.15) is 0 Å². The van der Waals surface area contributed by atoms with Crippen LogP contribution in [0.25, 0.3) is 110 Å². The summed E-state index contributed by atoms with van der Waals surface area (Å²) in [6.07, 6.45) is 0. The lowest BCUT2D eigenvalue weighted by molar-refractivity contribution is 0.668. The number of fused-ring (bicyclic) bond motifs is 9. The van der Waals surface area contributed by atoms with E-state index in [0.29, 0.717) is 0 Å². The van der Waals surface area contributed by atoms with Crippen LogP contribution in [-0.4, -0.2) is 0 Å². The van der Waals surface area contributed by atoms with Crippen molar-refractivity contribution in [1.82, 2.24) is 0 Å². The van der Waals surface area contributed by atoms with Gasteiger partial charge in [-0.25, -0.2) is 0 Å². The van der Waals surface area contributed by atoms with E-state index in [9.17, 15) is 0 Å². The first-order chi connectivity index (χ1) is 31.7. The van der Waals surface area contributed by atoms with Crippen molar-refractivity contribution < 1.29 is 13.3 Å². The first kappa shape index (κ1) is 36.1. The van der Waals surface area contributed by atoms with E-state index in [1.165, 1.54) is 11.1 Å². The third-order valence-corrected chi connectivity index (χ3v) is 12.7. The molecule has 0 N–H and O–H groups in total. The number of benzene rings is 10. The molecule has 3 heterocycles. The Morgan fingerprint density at radius 2 is 0.656 bits per heavy atom. The number of rotatable bonds is 7. The molecule has 0 aliphatic rings. The molecule has 0 atom stereocenters. The Bertz CT molecular complexity index is 3790. The maximum absolute atomic E-state index is 7.02. The van der Waals surface area contributed by atoms with Gasteiger partial charge < -0.3 is 18.2 Å². The zero-order valence-electron chi connectivity index (χ0n) is 34.5. The van der Waals surface area contributed by atoms with Gasteiger partial charge in [-0.15, -0.1) is 0 Å². The molecule has 0 saturated carbocycles. The van der Waals surface area contributed by atoms with Crippen molar-refractivity contribution in [3.8, 4) is 44.5 Å². The standard InChI is InChI=1S/C60H37NO3/c1-3-14-38(15-4-1)40-26-30-42(31-27-40)61(43-32-28-41(29-33-43)39-16-5-2-6-17-39)51-37-36-46(58-50-20-9-12-24-54(50)64-60(51)58)47-35-34-45(57-49-19-8-11-23-53(49)63-59(47)57)44-21-13-25-55-56(44)48-18-7-10-22-52(48)62-55/h1-37H. The Kier molecular flexibility index (Phi) is 8.18. The number of para-hydroxylation sites is 3. The molecule has 13 aromatic rings. The Hall–Kier alpha value is -8.60. The zero-order valence-corrected chi connectivity index (χ0v) is 34.5. The van der Waals surface area contributed by atoms with Gasteiger partial charge in [-0.1, -0.05) is 164 Å². The molecule has 0 fully saturated rings. The average Bonchev–Trinajstić information content (AvgIpc) is 4.08. The number of nitrogens with zero attached hydrogens (tertiary/aromatic N) is 1. The summed E-state index contributed by atoms with van der Waals surface area (Å²) >= 11 is 0. The van der Waals surface area contributed by atoms with Crippen molar-refractivity contribution in [3.05, 3.63) is 224 Å². The first-order valence-corrected chi connectivity index (χ1v) is 21.7. The van der Waals surface area contributed by atoms with Crippen LogP contribution in [0.3, 0.4) is 0 Å². The summed E-state index contributed by atoms with van der Waals surface area (Å²) in [6.45, 7) is 0. The van der Waals surface area contributed by atoms with Crippen molar-refractivity contribution in [2.45, 2.75) is 0 Å². The molecule has 4 nitrogen and oxygen atoms in total. The Morgan fingerprint density at radius 3 is 1.25 bits per heavy atom. The summed E-state index contributed by atoms with van der Waals surface area (Å²) in [5.41, 5.74) is 16.9. The minimum Gasteiger partial charge on any atom is -0.456 e. The summed E-state index contributed by atoms with van der Waals surface area (Å²) in [5.74, 6) is 0. The topological polar surface area (TPSA) is 42.7 Å². The molecule has 4 heteroatoms. The Morgan fingerprint density at radius 1 is 0.250 bits per heavy atom. The second-order valence-electron chi connectivity index (χ2n) is 16.3. The highest BCUT2D eigenvalue weighted by Gasteiger charge is 2.26. The van der Waals surface area contributed by atoms with E-state index in [4.69, 9.17) is 13.3 Å². The Labute approximate surface area is 368 Å². The molecule has 0 radical (unpaired) electrons. The van der Waals surface area contributed by atoms with Crippen molar-refractivity contribution in [3.63, 3.8) is 0 Å².